The summed E-state index contributed by atoms with van der Waals surface area (Å²) < 4.78 is 0. The van der Waals surface area contributed by atoms with Crippen molar-refractivity contribution in [2.75, 3.05) is 0 Å². The maximum absolute atomic E-state index is 10.5. The number of carbonyl (C=O) groups excluding carboxylic acids is 1. The van der Waals surface area contributed by atoms with Crippen LogP contribution in [0.4, 0.5) is 5.69 Å². The van der Waals surface area contributed by atoms with Crippen LogP contribution in [0.15, 0.2) is 60.8 Å². The summed E-state index contributed by atoms with van der Waals surface area (Å²) in [7, 11) is 0. The smallest absolute Gasteiger partial charge is 0.271 e. The molecule has 4 rings (SSSR count). The molecule has 24 heavy (non-hydrogen) atoms. The monoisotopic (exact) mass is 320 g/mol. The number of nitro benzene ring substituents is 1. The highest BCUT2D eigenvalue weighted by atomic mass is 16.6. The minimum Gasteiger partial charge on any atom is -0.296 e. The third-order valence-corrected chi connectivity index (χ3v) is 3.41. The maximum atomic E-state index is 10.5. The van der Waals surface area contributed by atoms with Crippen LogP contribution in [0.25, 0.3) is 21.8 Å². The molecule has 0 saturated heterocycles. The predicted octanol–water partition coefficient (Wildman–Crippen LogP) is 3.52. The lowest BCUT2D eigenvalue weighted by atomic mass is 10.2. The molecule has 0 bridgehead atoms. The van der Waals surface area contributed by atoms with Crippen molar-refractivity contribution in [1.29, 1.82) is 0 Å². The molecule has 0 radical (unpaired) electrons. The first-order chi connectivity index (χ1) is 11.7. The van der Waals surface area contributed by atoms with Crippen LogP contribution >= 0.6 is 0 Å². The zero-order valence-corrected chi connectivity index (χ0v) is 12.4. The fourth-order valence-corrected chi connectivity index (χ4v) is 2.24. The van der Waals surface area contributed by atoms with Crippen LogP contribution in [-0.2, 0) is 0 Å². The average Bonchev–Trinajstić information content (AvgIpc) is 3.04. The van der Waals surface area contributed by atoms with Crippen LogP contribution in [0.1, 0.15) is 10.5 Å². The first kappa shape index (κ1) is 15.3. The van der Waals surface area contributed by atoms with Crippen LogP contribution < -0.4 is 0 Å². The zero-order chi connectivity index (χ0) is 16.9. The Morgan fingerprint density at radius 2 is 1.83 bits per heavy atom. The molecule has 4 aromatic rings. The normalized spacial score (nSPS) is 10.2. The molecule has 2 heterocycles. The molecule has 0 saturated carbocycles. The third kappa shape index (κ3) is 3.09. The molecule has 0 amide bonds. The number of pyridine rings is 1. The van der Waals surface area contributed by atoms with Gasteiger partial charge in [-0.3, -0.25) is 25.0 Å². The summed E-state index contributed by atoms with van der Waals surface area (Å²) in [6.07, 6.45) is 2.43. The number of aromatic amines is 1. The van der Waals surface area contributed by atoms with Gasteiger partial charge in [0, 0.05) is 29.1 Å². The van der Waals surface area contributed by atoms with E-state index in [1.165, 1.54) is 23.6 Å². The highest BCUT2D eigenvalue weighted by molar-refractivity contribution is 5.95. The van der Waals surface area contributed by atoms with Gasteiger partial charge < -0.3 is 0 Å². The van der Waals surface area contributed by atoms with Gasteiger partial charge in [-0.15, -0.1) is 0 Å². The van der Waals surface area contributed by atoms with Crippen molar-refractivity contribution in [3.05, 3.63) is 76.6 Å². The molecule has 118 valence electrons. The molecule has 2 aromatic heterocycles. The minimum atomic E-state index is -0.505. The quantitative estimate of drug-likeness (QED) is 0.346. The minimum absolute atomic E-state index is 0.0403. The van der Waals surface area contributed by atoms with Gasteiger partial charge in [0.1, 0.15) is 5.69 Å². The second-order valence-corrected chi connectivity index (χ2v) is 4.91. The Morgan fingerprint density at radius 3 is 2.58 bits per heavy atom. The van der Waals surface area contributed by atoms with Gasteiger partial charge in [0.2, 0.25) is 0 Å². The van der Waals surface area contributed by atoms with E-state index in [4.69, 9.17) is 0 Å². The van der Waals surface area contributed by atoms with E-state index in [9.17, 15) is 14.9 Å². The molecular formula is C17H12N4O3. The van der Waals surface area contributed by atoms with Crippen LogP contribution in [0, 0.1) is 10.1 Å². The molecule has 1 N–H and O–H groups in total. The summed E-state index contributed by atoms with van der Waals surface area (Å²) in [6, 6.07) is 16.2. The second kappa shape index (κ2) is 6.66. The summed E-state index contributed by atoms with van der Waals surface area (Å²) in [6.45, 7) is 0. The lowest BCUT2D eigenvalue weighted by Gasteiger charge is -1.91. The number of rotatable bonds is 2. The standard InChI is InChI=1S/C9H7N.C8H5N3O3/c1-2-6-9-8(4-1)5-3-7-10-9;12-4-8-6-2-1-5(11(13)14)3-7(6)9-10-8/h1-7H;1-4H,(H,9,10). The number of fused-ring (bicyclic) bond motifs is 2. The van der Waals surface area contributed by atoms with Gasteiger partial charge in [0.25, 0.3) is 5.69 Å². The van der Waals surface area contributed by atoms with Gasteiger partial charge in [-0.25, -0.2) is 0 Å². The van der Waals surface area contributed by atoms with Crippen molar-refractivity contribution in [3.8, 4) is 0 Å². The van der Waals surface area contributed by atoms with Gasteiger partial charge in [-0.05, 0) is 18.2 Å². The summed E-state index contributed by atoms with van der Waals surface area (Å²) in [4.78, 5) is 24.6. The van der Waals surface area contributed by atoms with E-state index in [0.717, 1.165) is 5.52 Å². The molecule has 7 heteroatoms. The van der Waals surface area contributed by atoms with E-state index < -0.39 is 4.92 Å². The number of nitrogens with zero attached hydrogens (tertiary/aromatic N) is 3. The number of benzene rings is 2. The van der Waals surface area contributed by atoms with Gasteiger partial charge >= 0.3 is 0 Å². The van der Waals surface area contributed by atoms with Gasteiger partial charge in [-0.1, -0.05) is 24.3 Å². The number of hydrogen-bond donors (Lipinski definition) is 1. The first-order valence-corrected chi connectivity index (χ1v) is 7.06. The summed E-state index contributed by atoms with van der Waals surface area (Å²) in [5.74, 6) is 0. The average molecular weight is 320 g/mol. The molecule has 0 aliphatic rings. The highest BCUT2D eigenvalue weighted by Crippen LogP contribution is 2.20. The Morgan fingerprint density at radius 1 is 1.04 bits per heavy atom. The van der Waals surface area contributed by atoms with E-state index in [1.807, 2.05) is 30.5 Å². The number of hydrogen-bond acceptors (Lipinski definition) is 5. The predicted molar refractivity (Wildman–Crippen MR) is 89.9 cm³/mol. The van der Waals surface area contributed by atoms with E-state index in [-0.39, 0.29) is 5.69 Å². The summed E-state index contributed by atoms with van der Waals surface area (Å²) >= 11 is 0. The SMILES string of the molecule is O=Cc1[nH]nc2cc([N+](=O)[O-])ccc12.c1ccc2ncccc2c1. The Kier molecular flexibility index (Phi) is 4.24. The number of H-pyrrole nitrogens is 1. The second-order valence-electron chi connectivity index (χ2n) is 4.91. The fourth-order valence-electron chi connectivity index (χ4n) is 2.24. The van der Waals surface area contributed by atoms with E-state index in [2.05, 4.69) is 27.3 Å². The van der Waals surface area contributed by atoms with E-state index in [1.54, 1.807) is 0 Å². The Bertz CT molecular complexity index is 961. The van der Waals surface area contributed by atoms with E-state index in [0.29, 0.717) is 22.9 Å². The number of para-hydroxylation sites is 1. The topological polar surface area (TPSA) is 102 Å². The molecule has 0 aliphatic heterocycles. The molecule has 7 nitrogen and oxygen atoms in total. The van der Waals surface area contributed by atoms with Crippen LogP contribution in [0.3, 0.4) is 0 Å². The fraction of sp³-hybridized carbons (Fsp3) is 0. The Hall–Kier alpha value is -3.61. The molecule has 0 atom stereocenters. The zero-order valence-electron chi connectivity index (χ0n) is 12.4. The highest BCUT2D eigenvalue weighted by Gasteiger charge is 2.10. The molecule has 0 aliphatic carbocycles. The number of aldehydes is 1. The number of nitro groups is 1. The van der Waals surface area contributed by atoms with E-state index >= 15 is 0 Å². The van der Waals surface area contributed by atoms with Crippen LogP contribution in [0.2, 0.25) is 0 Å². The van der Waals surface area contributed by atoms with Crippen molar-refractivity contribution < 1.29 is 9.72 Å². The largest absolute Gasteiger partial charge is 0.296 e. The van der Waals surface area contributed by atoms with Gasteiger partial charge in [-0.2, -0.15) is 5.10 Å². The van der Waals surface area contributed by atoms with Crippen molar-refractivity contribution in [2.24, 2.45) is 0 Å². The van der Waals surface area contributed by atoms with Crippen molar-refractivity contribution in [2.45, 2.75) is 0 Å². The Balaban J connectivity index is 0.000000149. The lowest BCUT2D eigenvalue weighted by Crippen LogP contribution is -1.86. The Labute approximate surface area is 136 Å². The summed E-state index contributed by atoms with van der Waals surface area (Å²) in [5.41, 5.74) is 1.77. The van der Waals surface area contributed by atoms with Crippen molar-refractivity contribution >= 4 is 33.8 Å². The molecular weight excluding hydrogens is 308 g/mol. The molecule has 0 fully saturated rings. The number of non-ortho nitro benzene ring substituents is 1. The van der Waals surface area contributed by atoms with Crippen LogP contribution in [-0.4, -0.2) is 26.4 Å². The maximum Gasteiger partial charge on any atom is 0.271 e. The third-order valence-electron chi connectivity index (χ3n) is 3.41. The summed E-state index contributed by atoms with van der Waals surface area (Å²) in [5, 5.41) is 18.5. The van der Waals surface area contributed by atoms with Crippen molar-refractivity contribution in [3.63, 3.8) is 0 Å². The molecule has 2 aromatic carbocycles. The van der Waals surface area contributed by atoms with Crippen LogP contribution in [0.5, 0.6) is 0 Å². The van der Waals surface area contributed by atoms with Gasteiger partial charge in [0.05, 0.1) is 16.0 Å². The lowest BCUT2D eigenvalue weighted by molar-refractivity contribution is -0.384. The number of aromatic nitrogens is 3. The first-order valence-electron chi connectivity index (χ1n) is 7.06. The molecule has 0 unspecified atom stereocenters. The number of carbonyl (C=O) groups is 1. The van der Waals surface area contributed by atoms with Gasteiger partial charge in [0.15, 0.2) is 6.29 Å². The van der Waals surface area contributed by atoms with Crippen molar-refractivity contribution in [1.82, 2.24) is 15.2 Å². The molecule has 0 spiro atoms. The number of nitrogens with one attached hydrogen (secondary N) is 1.